The molecule has 0 radical (unpaired) electrons. The fourth-order valence-corrected chi connectivity index (χ4v) is 2.19. The van der Waals surface area contributed by atoms with Crippen LogP contribution in [0.4, 0.5) is 11.6 Å². The van der Waals surface area contributed by atoms with Crippen LogP contribution in [0.25, 0.3) is 5.65 Å². The predicted molar refractivity (Wildman–Crippen MR) is 83.4 cm³/mol. The first-order chi connectivity index (χ1) is 9.78. The summed E-state index contributed by atoms with van der Waals surface area (Å²) >= 11 is 0. The van der Waals surface area contributed by atoms with Crippen LogP contribution >= 0.6 is 0 Å². The highest BCUT2D eigenvalue weighted by atomic mass is 15.2. The third-order valence-electron chi connectivity index (χ3n) is 3.35. The van der Waals surface area contributed by atoms with Crippen molar-refractivity contribution in [3.8, 4) is 0 Å². The molecule has 2 heterocycles. The standard InChI is InChI=1S/C14H24N6/c1-4-15-12-11-20-10-8-17-14(20)13(18-12)16-7-9-19(5-2)6-3/h8,10-11,15H,4-7,9H2,1-3H3,(H,16,18). The van der Waals surface area contributed by atoms with Crippen LogP contribution in [0.15, 0.2) is 18.6 Å². The molecule has 2 aromatic rings. The molecule has 0 aliphatic rings. The zero-order valence-corrected chi connectivity index (χ0v) is 12.6. The summed E-state index contributed by atoms with van der Waals surface area (Å²) < 4.78 is 1.99. The maximum atomic E-state index is 4.59. The molecule has 0 aliphatic heterocycles. The van der Waals surface area contributed by atoms with Gasteiger partial charge < -0.3 is 19.9 Å². The van der Waals surface area contributed by atoms with E-state index < -0.39 is 0 Å². The van der Waals surface area contributed by atoms with Crippen LogP contribution in [-0.4, -0.2) is 52.0 Å². The topological polar surface area (TPSA) is 57.5 Å². The summed E-state index contributed by atoms with van der Waals surface area (Å²) in [5.74, 6) is 1.70. The number of aromatic nitrogens is 3. The second-order valence-corrected chi connectivity index (χ2v) is 4.62. The Kier molecular flexibility index (Phi) is 5.17. The molecule has 0 unspecified atom stereocenters. The maximum absolute atomic E-state index is 4.59. The van der Waals surface area contributed by atoms with Crippen molar-refractivity contribution in [2.24, 2.45) is 0 Å². The molecule has 20 heavy (non-hydrogen) atoms. The average Bonchev–Trinajstić information content (AvgIpc) is 2.92. The minimum Gasteiger partial charge on any atom is -0.369 e. The van der Waals surface area contributed by atoms with Crippen molar-refractivity contribution in [3.05, 3.63) is 18.6 Å². The molecule has 2 rings (SSSR count). The third-order valence-corrected chi connectivity index (χ3v) is 3.35. The zero-order chi connectivity index (χ0) is 14.4. The molecule has 2 aromatic heterocycles. The van der Waals surface area contributed by atoms with Crippen molar-refractivity contribution in [2.45, 2.75) is 20.8 Å². The van der Waals surface area contributed by atoms with Gasteiger partial charge in [-0.15, -0.1) is 0 Å². The van der Waals surface area contributed by atoms with Gasteiger partial charge in [0.15, 0.2) is 11.5 Å². The first-order valence-electron chi connectivity index (χ1n) is 7.32. The lowest BCUT2D eigenvalue weighted by Gasteiger charge is -2.18. The normalized spacial score (nSPS) is 11.2. The SMILES string of the molecule is CCNc1cn2ccnc2c(NCCN(CC)CC)n1. The summed E-state index contributed by atoms with van der Waals surface area (Å²) in [5, 5.41) is 6.64. The van der Waals surface area contributed by atoms with Gasteiger partial charge in [0.2, 0.25) is 0 Å². The summed E-state index contributed by atoms with van der Waals surface area (Å²) in [6, 6.07) is 0. The predicted octanol–water partition coefficient (Wildman–Crippen LogP) is 1.91. The lowest BCUT2D eigenvalue weighted by Crippen LogP contribution is -2.28. The number of likely N-dealkylation sites (N-methyl/N-ethyl adjacent to an activating group) is 1. The minimum absolute atomic E-state index is 0.834. The van der Waals surface area contributed by atoms with Gasteiger partial charge in [0.1, 0.15) is 5.82 Å². The smallest absolute Gasteiger partial charge is 0.180 e. The van der Waals surface area contributed by atoms with Gasteiger partial charge in [0.05, 0.1) is 6.20 Å². The Hall–Kier alpha value is -1.82. The zero-order valence-electron chi connectivity index (χ0n) is 12.6. The van der Waals surface area contributed by atoms with Gasteiger partial charge in [-0.3, -0.25) is 0 Å². The van der Waals surface area contributed by atoms with E-state index in [1.807, 2.05) is 16.8 Å². The van der Waals surface area contributed by atoms with E-state index in [1.54, 1.807) is 6.20 Å². The highest BCUT2D eigenvalue weighted by molar-refractivity contribution is 5.65. The van der Waals surface area contributed by atoms with Crippen molar-refractivity contribution in [1.82, 2.24) is 19.3 Å². The summed E-state index contributed by atoms with van der Waals surface area (Å²) in [7, 11) is 0. The van der Waals surface area contributed by atoms with Gasteiger partial charge in [-0.1, -0.05) is 13.8 Å². The first kappa shape index (κ1) is 14.6. The van der Waals surface area contributed by atoms with Gasteiger partial charge in [0, 0.05) is 32.0 Å². The molecule has 0 atom stereocenters. The van der Waals surface area contributed by atoms with Crippen LogP contribution in [-0.2, 0) is 0 Å². The molecule has 0 saturated heterocycles. The molecule has 0 fully saturated rings. The fourth-order valence-electron chi connectivity index (χ4n) is 2.19. The monoisotopic (exact) mass is 276 g/mol. The second kappa shape index (κ2) is 7.09. The molecule has 2 N–H and O–H groups in total. The van der Waals surface area contributed by atoms with Crippen LogP contribution in [0.3, 0.4) is 0 Å². The second-order valence-electron chi connectivity index (χ2n) is 4.62. The summed E-state index contributed by atoms with van der Waals surface area (Å²) in [6.07, 6.45) is 5.69. The highest BCUT2D eigenvalue weighted by Crippen LogP contribution is 2.15. The maximum Gasteiger partial charge on any atom is 0.180 e. The Morgan fingerprint density at radius 3 is 2.70 bits per heavy atom. The number of imidazole rings is 1. The van der Waals surface area contributed by atoms with Crippen LogP contribution in [0.2, 0.25) is 0 Å². The lowest BCUT2D eigenvalue weighted by molar-refractivity contribution is 0.316. The molecule has 110 valence electrons. The number of nitrogens with one attached hydrogen (secondary N) is 2. The van der Waals surface area contributed by atoms with Crippen LogP contribution in [0.1, 0.15) is 20.8 Å². The Morgan fingerprint density at radius 2 is 2.00 bits per heavy atom. The number of anilines is 2. The Labute approximate surface area is 120 Å². The van der Waals surface area contributed by atoms with Crippen LogP contribution in [0, 0.1) is 0 Å². The van der Waals surface area contributed by atoms with E-state index >= 15 is 0 Å². The quantitative estimate of drug-likeness (QED) is 0.771. The summed E-state index contributed by atoms with van der Waals surface area (Å²) in [4.78, 5) is 11.3. The molecule has 0 spiro atoms. The molecule has 0 amide bonds. The fraction of sp³-hybridized carbons (Fsp3) is 0.571. The summed E-state index contributed by atoms with van der Waals surface area (Å²) in [6.45, 7) is 11.3. The first-order valence-corrected chi connectivity index (χ1v) is 7.32. The van der Waals surface area contributed by atoms with E-state index in [2.05, 4.69) is 46.3 Å². The summed E-state index contributed by atoms with van der Waals surface area (Å²) in [5.41, 5.74) is 0.867. The van der Waals surface area contributed by atoms with E-state index in [9.17, 15) is 0 Å². The van der Waals surface area contributed by atoms with Gasteiger partial charge in [-0.05, 0) is 20.0 Å². The molecule has 0 bridgehead atoms. The van der Waals surface area contributed by atoms with Crippen LogP contribution in [0.5, 0.6) is 0 Å². The van der Waals surface area contributed by atoms with Gasteiger partial charge >= 0.3 is 0 Å². The lowest BCUT2D eigenvalue weighted by atomic mass is 10.4. The van der Waals surface area contributed by atoms with Gasteiger partial charge in [0.25, 0.3) is 0 Å². The van der Waals surface area contributed by atoms with E-state index in [1.165, 1.54) is 0 Å². The van der Waals surface area contributed by atoms with Crippen molar-refractivity contribution in [2.75, 3.05) is 43.4 Å². The van der Waals surface area contributed by atoms with Crippen LogP contribution < -0.4 is 10.6 Å². The van der Waals surface area contributed by atoms with E-state index in [4.69, 9.17) is 0 Å². The molecule has 0 saturated carbocycles. The van der Waals surface area contributed by atoms with Gasteiger partial charge in [-0.25, -0.2) is 9.97 Å². The Bertz CT molecular complexity index is 531. The number of hydrogen-bond donors (Lipinski definition) is 2. The molecule has 0 aliphatic carbocycles. The Morgan fingerprint density at radius 1 is 1.20 bits per heavy atom. The molecular formula is C14H24N6. The largest absolute Gasteiger partial charge is 0.369 e. The third kappa shape index (κ3) is 3.39. The molecular weight excluding hydrogens is 252 g/mol. The van der Waals surface area contributed by atoms with Crippen molar-refractivity contribution < 1.29 is 0 Å². The van der Waals surface area contributed by atoms with E-state index in [0.717, 1.165) is 50.0 Å². The minimum atomic E-state index is 0.834. The number of nitrogens with zero attached hydrogens (tertiary/aromatic N) is 4. The number of rotatable bonds is 8. The van der Waals surface area contributed by atoms with E-state index in [0.29, 0.717) is 0 Å². The number of fused-ring (bicyclic) bond motifs is 1. The molecule has 6 heteroatoms. The van der Waals surface area contributed by atoms with Crippen molar-refractivity contribution in [1.29, 1.82) is 0 Å². The Balaban J connectivity index is 2.09. The van der Waals surface area contributed by atoms with E-state index in [-0.39, 0.29) is 0 Å². The highest BCUT2D eigenvalue weighted by Gasteiger charge is 2.07. The number of hydrogen-bond acceptors (Lipinski definition) is 5. The van der Waals surface area contributed by atoms with Gasteiger partial charge in [-0.2, -0.15) is 0 Å². The molecule has 0 aromatic carbocycles. The van der Waals surface area contributed by atoms with Crippen molar-refractivity contribution >= 4 is 17.3 Å². The van der Waals surface area contributed by atoms with Crippen molar-refractivity contribution in [3.63, 3.8) is 0 Å². The average molecular weight is 276 g/mol. The molecule has 6 nitrogen and oxygen atoms in total.